The van der Waals surface area contributed by atoms with Gasteiger partial charge in [-0.25, -0.2) is 18.7 Å². The Hall–Kier alpha value is -3.36. The number of aromatic nitrogens is 4. The van der Waals surface area contributed by atoms with Crippen molar-refractivity contribution in [2.45, 2.75) is 59.6 Å². The third kappa shape index (κ3) is 3.96. The van der Waals surface area contributed by atoms with Crippen LogP contribution in [-0.4, -0.2) is 42.1 Å². The predicted molar refractivity (Wildman–Crippen MR) is 123 cm³/mol. The van der Waals surface area contributed by atoms with Gasteiger partial charge in [0.25, 0.3) is 0 Å². The molecule has 0 saturated heterocycles. The minimum absolute atomic E-state index is 0.240. The third-order valence-corrected chi connectivity index (χ3v) is 5.92. The van der Waals surface area contributed by atoms with Crippen molar-refractivity contribution >= 4 is 6.09 Å². The second-order valence-corrected chi connectivity index (χ2v) is 9.65. The molecule has 1 aliphatic rings. The number of benzene rings is 1. The molecule has 0 N–H and O–H groups in total. The zero-order valence-corrected chi connectivity index (χ0v) is 20.1. The molecule has 8 nitrogen and oxygen atoms in total. The molecule has 33 heavy (non-hydrogen) atoms. The van der Waals surface area contributed by atoms with Crippen molar-refractivity contribution in [3.63, 3.8) is 0 Å². The molecule has 3 heterocycles. The molecule has 1 aromatic carbocycles. The first kappa shape index (κ1) is 22.8. The Kier molecular flexibility index (Phi) is 5.46. The van der Waals surface area contributed by atoms with Crippen LogP contribution in [0.25, 0.3) is 11.5 Å². The minimum Gasteiger partial charge on any atom is -0.444 e. The summed E-state index contributed by atoms with van der Waals surface area (Å²) in [5.74, 6) is 0.278. The second kappa shape index (κ2) is 7.90. The number of hydrogen-bond donors (Lipinski definition) is 0. The molecular formula is C24H30FN5O3. The van der Waals surface area contributed by atoms with Gasteiger partial charge >= 0.3 is 11.8 Å². The largest absolute Gasteiger partial charge is 0.444 e. The topological polar surface area (TPSA) is 74.3 Å². The van der Waals surface area contributed by atoms with Crippen LogP contribution in [0.15, 0.2) is 29.3 Å². The van der Waals surface area contributed by atoms with Crippen LogP contribution in [0.4, 0.5) is 9.18 Å². The number of fused-ring (bicyclic) bond motifs is 1. The molecule has 0 saturated carbocycles. The zero-order valence-electron chi connectivity index (χ0n) is 20.1. The lowest BCUT2D eigenvalue weighted by atomic mass is 10.00. The molecule has 2 aromatic heterocycles. The van der Waals surface area contributed by atoms with Crippen molar-refractivity contribution in [3.8, 4) is 11.5 Å². The monoisotopic (exact) mass is 455 g/mol. The summed E-state index contributed by atoms with van der Waals surface area (Å²) in [6.07, 6.45) is 3.46. The Labute approximate surface area is 192 Å². The summed E-state index contributed by atoms with van der Waals surface area (Å²) in [4.78, 5) is 27.5. The van der Waals surface area contributed by atoms with Crippen LogP contribution >= 0.6 is 0 Å². The second-order valence-electron chi connectivity index (χ2n) is 9.65. The first-order chi connectivity index (χ1) is 15.4. The van der Waals surface area contributed by atoms with Crippen LogP contribution in [-0.2, 0) is 18.2 Å². The smallest absolute Gasteiger partial charge is 0.410 e. The Balaban J connectivity index is 1.92. The number of carbonyl (C=O) groups is 1. The molecule has 4 rings (SSSR count). The fourth-order valence-electron chi connectivity index (χ4n) is 4.31. The number of imidazole rings is 1. The van der Waals surface area contributed by atoms with Gasteiger partial charge in [0.2, 0.25) is 0 Å². The van der Waals surface area contributed by atoms with Gasteiger partial charge < -0.3 is 14.2 Å². The van der Waals surface area contributed by atoms with Crippen LogP contribution in [0.3, 0.4) is 0 Å². The molecule has 9 heteroatoms. The summed E-state index contributed by atoms with van der Waals surface area (Å²) in [5.41, 5.74) is 2.36. The average molecular weight is 456 g/mol. The number of hydrogen-bond acceptors (Lipinski definition) is 4. The molecule has 3 aromatic rings. The fourth-order valence-corrected chi connectivity index (χ4v) is 4.31. The van der Waals surface area contributed by atoms with Gasteiger partial charge in [0.15, 0.2) is 0 Å². The Bertz CT molecular complexity index is 1270. The van der Waals surface area contributed by atoms with Crippen LogP contribution < -0.4 is 5.69 Å². The van der Waals surface area contributed by atoms with Gasteiger partial charge in [-0.2, -0.15) is 5.10 Å². The van der Waals surface area contributed by atoms with E-state index >= 15 is 0 Å². The SMILES string of the molecule is Cc1cc(-n2nc3c(c2-n2ccn(C)c2=O)[C@H](C)N(C(=O)OC(C)(C)C)CC3)cc(C)c1F. The van der Waals surface area contributed by atoms with Crippen LogP contribution in [0, 0.1) is 19.7 Å². The van der Waals surface area contributed by atoms with E-state index < -0.39 is 11.7 Å². The van der Waals surface area contributed by atoms with Crippen molar-refractivity contribution in [1.29, 1.82) is 0 Å². The quantitative estimate of drug-likeness (QED) is 0.586. The minimum atomic E-state index is -0.621. The lowest BCUT2D eigenvalue weighted by molar-refractivity contribution is 0.0159. The number of amides is 1. The maximum absolute atomic E-state index is 14.3. The van der Waals surface area contributed by atoms with Crippen molar-refractivity contribution < 1.29 is 13.9 Å². The number of nitrogens with zero attached hydrogens (tertiary/aromatic N) is 5. The van der Waals surface area contributed by atoms with E-state index in [2.05, 4.69) is 0 Å². The van der Waals surface area contributed by atoms with E-state index in [1.165, 1.54) is 9.13 Å². The highest BCUT2D eigenvalue weighted by Crippen LogP contribution is 2.36. The van der Waals surface area contributed by atoms with Gasteiger partial charge in [0, 0.05) is 38.0 Å². The third-order valence-electron chi connectivity index (χ3n) is 5.92. The first-order valence-corrected chi connectivity index (χ1v) is 11.0. The zero-order chi connectivity index (χ0) is 24.2. The molecule has 0 fully saturated rings. The number of ether oxygens (including phenoxy) is 1. The highest BCUT2D eigenvalue weighted by molar-refractivity contribution is 5.70. The molecular weight excluding hydrogens is 425 g/mol. The highest BCUT2D eigenvalue weighted by atomic mass is 19.1. The molecule has 0 unspecified atom stereocenters. The summed E-state index contributed by atoms with van der Waals surface area (Å²) in [6.45, 7) is 11.3. The molecule has 0 radical (unpaired) electrons. The van der Waals surface area contributed by atoms with Crippen LogP contribution in [0.1, 0.15) is 56.1 Å². The normalized spacial score (nSPS) is 16.1. The van der Waals surface area contributed by atoms with Gasteiger partial charge in [-0.1, -0.05) is 0 Å². The van der Waals surface area contributed by atoms with E-state index in [0.29, 0.717) is 35.6 Å². The summed E-state index contributed by atoms with van der Waals surface area (Å²) < 4.78 is 24.6. The Morgan fingerprint density at radius 3 is 2.36 bits per heavy atom. The van der Waals surface area contributed by atoms with E-state index in [4.69, 9.17) is 9.84 Å². The number of halogens is 1. The summed E-state index contributed by atoms with van der Waals surface area (Å²) in [6, 6.07) is 3.06. The number of aryl methyl sites for hydroxylation is 3. The maximum Gasteiger partial charge on any atom is 0.410 e. The maximum atomic E-state index is 14.3. The lowest BCUT2D eigenvalue weighted by Gasteiger charge is -2.34. The molecule has 1 amide bonds. The standard InChI is InChI=1S/C24H30FN5O3/c1-14-12-17(13-15(2)20(14)25)30-21(29-11-10-27(7)22(29)31)19-16(3)28(9-8-18(19)26-30)23(32)33-24(4,5)6/h10-13,16H,8-9H2,1-7H3/t16-/m0/s1. The molecule has 0 spiro atoms. The lowest BCUT2D eigenvalue weighted by Crippen LogP contribution is -2.42. The molecule has 1 atom stereocenters. The van der Waals surface area contributed by atoms with Crippen molar-refractivity contribution in [2.75, 3.05) is 6.54 Å². The van der Waals surface area contributed by atoms with Crippen LogP contribution in [0.2, 0.25) is 0 Å². The Morgan fingerprint density at radius 1 is 1.18 bits per heavy atom. The van der Waals surface area contributed by atoms with Gasteiger partial charge in [0.05, 0.1) is 17.4 Å². The van der Waals surface area contributed by atoms with Gasteiger partial charge in [-0.3, -0.25) is 4.57 Å². The van der Waals surface area contributed by atoms with Gasteiger partial charge in [-0.05, 0) is 64.8 Å². The van der Waals surface area contributed by atoms with Crippen molar-refractivity contribution in [3.05, 3.63) is 63.2 Å². The van der Waals surface area contributed by atoms with E-state index in [0.717, 1.165) is 11.3 Å². The van der Waals surface area contributed by atoms with E-state index in [1.54, 1.807) is 55.0 Å². The number of rotatable bonds is 2. The molecule has 176 valence electrons. The number of carbonyl (C=O) groups excluding carboxylic acids is 1. The first-order valence-electron chi connectivity index (χ1n) is 11.0. The highest BCUT2D eigenvalue weighted by Gasteiger charge is 2.36. The summed E-state index contributed by atoms with van der Waals surface area (Å²) in [7, 11) is 1.68. The van der Waals surface area contributed by atoms with Crippen molar-refractivity contribution in [2.24, 2.45) is 7.05 Å². The molecule has 0 bridgehead atoms. The predicted octanol–water partition coefficient (Wildman–Crippen LogP) is 3.97. The van der Waals surface area contributed by atoms with Gasteiger partial charge in [-0.15, -0.1) is 0 Å². The average Bonchev–Trinajstić information content (AvgIpc) is 3.25. The fraction of sp³-hybridized carbons (Fsp3) is 0.458. The van der Waals surface area contributed by atoms with Gasteiger partial charge in [0.1, 0.15) is 17.2 Å². The summed E-state index contributed by atoms with van der Waals surface area (Å²) >= 11 is 0. The van der Waals surface area contributed by atoms with E-state index in [1.807, 2.05) is 27.7 Å². The summed E-state index contributed by atoms with van der Waals surface area (Å²) in [5, 5.41) is 4.82. The van der Waals surface area contributed by atoms with E-state index in [9.17, 15) is 14.0 Å². The molecule has 0 aliphatic carbocycles. The van der Waals surface area contributed by atoms with Crippen molar-refractivity contribution in [1.82, 2.24) is 23.8 Å². The van der Waals surface area contributed by atoms with Crippen LogP contribution in [0.5, 0.6) is 0 Å². The molecule has 1 aliphatic heterocycles. The van der Waals surface area contributed by atoms with E-state index in [-0.39, 0.29) is 17.5 Å². The Morgan fingerprint density at radius 2 is 1.82 bits per heavy atom.